The van der Waals surface area contributed by atoms with E-state index in [1.165, 1.54) is 6.08 Å². The molecule has 4 heterocycles. The summed E-state index contributed by atoms with van der Waals surface area (Å²) in [6, 6.07) is 10.8. The standard InChI is InChI=1S/C26H24F3N7O2/c27-26(28,29)22-5-3-4-18(15-31-22)25(38)32-20-7-8-21-19(14-20)16-36(33-21)17-24(37)35-12-10-34(11-13-35)23-6-1-2-9-30-23/h1-9,14,16H,10-13,15,17H2,(H,32,38). The number of benzene rings is 1. The predicted octanol–water partition coefficient (Wildman–Crippen LogP) is 3.22. The SMILES string of the molecule is O=C(Nc1ccc2nn(CC(=O)N3CCN(c4ccccn4)CC3)cc2c1)C1=CC=CC(C(F)(F)F)=NC1. The van der Waals surface area contributed by atoms with Gasteiger partial charge in [-0.2, -0.15) is 18.3 Å². The van der Waals surface area contributed by atoms with Crippen molar-refractivity contribution in [2.45, 2.75) is 12.7 Å². The number of anilines is 2. The van der Waals surface area contributed by atoms with Gasteiger partial charge in [0.2, 0.25) is 5.91 Å². The molecule has 0 aliphatic carbocycles. The number of fused-ring (bicyclic) bond motifs is 1. The van der Waals surface area contributed by atoms with Crippen molar-refractivity contribution in [3.63, 3.8) is 0 Å². The molecule has 2 amide bonds. The number of hydrogen-bond donors (Lipinski definition) is 1. The summed E-state index contributed by atoms with van der Waals surface area (Å²) in [6.07, 6.45) is 2.21. The maximum absolute atomic E-state index is 12.9. The molecule has 0 saturated carbocycles. The molecule has 5 rings (SSSR count). The van der Waals surface area contributed by atoms with E-state index in [0.717, 1.165) is 18.0 Å². The Morgan fingerprint density at radius 2 is 1.87 bits per heavy atom. The molecule has 0 bridgehead atoms. The normalized spacial score (nSPS) is 16.2. The minimum atomic E-state index is -4.57. The van der Waals surface area contributed by atoms with E-state index < -0.39 is 17.8 Å². The number of aromatic nitrogens is 3. The lowest BCUT2D eigenvalue weighted by molar-refractivity contribution is -0.132. The summed E-state index contributed by atoms with van der Waals surface area (Å²) in [4.78, 5) is 37.3. The topological polar surface area (TPSA) is 95.7 Å². The van der Waals surface area contributed by atoms with Crippen molar-refractivity contribution in [3.8, 4) is 0 Å². The van der Waals surface area contributed by atoms with Crippen molar-refractivity contribution in [2.24, 2.45) is 4.99 Å². The number of carbonyl (C=O) groups excluding carboxylic acids is 2. The molecule has 1 N–H and O–H groups in total. The number of amides is 2. The highest BCUT2D eigenvalue weighted by Gasteiger charge is 2.34. The molecule has 12 heteroatoms. The first kappa shape index (κ1) is 25.2. The highest BCUT2D eigenvalue weighted by Crippen LogP contribution is 2.22. The number of rotatable bonds is 5. The van der Waals surface area contributed by atoms with Crippen molar-refractivity contribution < 1.29 is 22.8 Å². The molecule has 38 heavy (non-hydrogen) atoms. The van der Waals surface area contributed by atoms with Gasteiger partial charge in [-0.3, -0.25) is 19.3 Å². The van der Waals surface area contributed by atoms with Crippen LogP contribution < -0.4 is 10.2 Å². The van der Waals surface area contributed by atoms with Crippen LogP contribution in [0.4, 0.5) is 24.7 Å². The Balaban J connectivity index is 1.19. The minimum absolute atomic E-state index is 0.0425. The van der Waals surface area contributed by atoms with E-state index in [9.17, 15) is 22.8 Å². The van der Waals surface area contributed by atoms with Crippen molar-refractivity contribution in [2.75, 3.05) is 42.9 Å². The first-order chi connectivity index (χ1) is 18.3. The molecule has 1 aromatic carbocycles. The van der Waals surface area contributed by atoms with Gasteiger partial charge in [-0.05, 0) is 36.4 Å². The third kappa shape index (κ3) is 5.74. The van der Waals surface area contributed by atoms with Gasteiger partial charge in [-0.15, -0.1) is 0 Å². The molecule has 2 aromatic heterocycles. The molecule has 0 atom stereocenters. The van der Waals surface area contributed by atoms with E-state index in [2.05, 4.69) is 25.3 Å². The molecular weight excluding hydrogens is 499 g/mol. The molecular formula is C26H24F3N7O2. The lowest BCUT2D eigenvalue weighted by Gasteiger charge is -2.35. The highest BCUT2D eigenvalue weighted by molar-refractivity contribution is 6.07. The molecule has 196 valence electrons. The van der Waals surface area contributed by atoms with Gasteiger partial charge in [-0.1, -0.05) is 18.2 Å². The van der Waals surface area contributed by atoms with E-state index in [4.69, 9.17) is 0 Å². The molecule has 0 radical (unpaired) electrons. The Morgan fingerprint density at radius 3 is 2.61 bits per heavy atom. The van der Waals surface area contributed by atoms with Gasteiger partial charge in [0.15, 0.2) is 0 Å². The summed E-state index contributed by atoms with van der Waals surface area (Å²) in [6.45, 7) is 2.27. The first-order valence-electron chi connectivity index (χ1n) is 12.0. The van der Waals surface area contributed by atoms with E-state index in [-0.39, 0.29) is 24.6 Å². The van der Waals surface area contributed by atoms with E-state index in [1.807, 2.05) is 18.2 Å². The number of carbonyl (C=O) groups is 2. The highest BCUT2D eigenvalue weighted by atomic mass is 19.4. The Labute approximate surface area is 215 Å². The zero-order valence-corrected chi connectivity index (χ0v) is 20.2. The number of piperazine rings is 1. The molecule has 3 aromatic rings. The van der Waals surface area contributed by atoms with Crippen LogP contribution in [0.3, 0.4) is 0 Å². The number of alkyl halides is 3. The summed E-state index contributed by atoms with van der Waals surface area (Å²) in [5.41, 5.74) is 0.167. The van der Waals surface area contributed by atoms with Crippen LogP contribution in [0.1, 0.15) is 0 Å². The number of halogens is 3. The molecule has 1 fully saturated rings. The number of nitrogens with zero attached hydrogens (tertiary/aromatic N) is 6. The summed E-state index contributed by atoms with van der Waals surface area (Å²) < 4.78 is 40.2. The van der Waals surface area contributed by atoms with Gasteiger partial charge in [0.05, 0.1) is 12.1 Å². The average Bonchev–Trinajstić information content (AvgIpc) is 3.12. The van der Waals surface area contributed by atoms with Crippen LogP contribution in [-0.4, -0.2) is 76.1 Å². The molecule has 0 unspecified atom stereocenters. The van der Waals surface area contributed by atoms with Crippen LogP contribution in [-0.2, 0) is 16.1 Å². The zero-order chi connectivity index (χ0) is 26.7. The summed E-state index contributed by atoms with van der Waals surface area (Å²) in [5, 5.41) is 7.86. The fraction of sp³-hybridized carbons (Fsp3) is 0.269. The third-order valence-corrected chi connectivity index (χ3v) is 6.27. The van der Waals surface area contributed by atoms with Crippen molar-refractivity contribution in [1.82, 2.24) is 19.7 Å². The number of nitrogens with one attached hydrogen (secondary N) is 1. The van der Waals surface area contributed by atoms with Gasteiger partial charge in [0.1, 0.15) is 18.1 Å². The summed E-state index contributed by atoms with van der Waals surface area (Å²) in [5.74, 6) is 0.305. The second kappa shape index (κ2) is 10.5. The lowest BCUT2D eigenvalue weighted by atomic mass is 10.2. The number of aliphatic imine (C=N–C) groups is 1. The van der Waals surface area contributed by atoms with Crippen LogP contribution >= 0.6 is 0 Å². The van der Waals surface area contributed by atoms with Crippen LogP contribution in [0.5, 0.6) is 0 Å². The van der Waals surface area contributed by atoms with Gasteiger partial charge in [0.25, 0.3) is 5.91 Å². The van der Waals surface area contributed by atoms with Crippen LogP contribution in [0, 0.1) is 0 Å². The lowest BCUT2D eigenvalue weighted by Crippen LogP contribution is -2.49. The van der Waals surface area contributed by atoms with E-state index in [1.54, 1.807) is 40.2 Å². The average molecular weight is 524 g/mol. The number of allylic oxidation sites excluding steroid dienone is 3. The Hall–Kier alpha value is -4.48. The molecule has 2 aliphatic heterocycles. The maximum atomic E-state index is 12.9. The van der Waals surface area contributed by atoms with Gasteiger partial charge in [0, 0.05) is 55.2 Å². The van der Waals surface area contributed by atoms with Crippen LogP contribution in [0.25, 0.3) is 10.9 Å². The quantitative estimate of drug-likeness (QED) is 0.554. The first-order valence-corrected chi connectivity index (χ1v) is 12.0. The summed E-state index contributed by atoms with van der Waals surface area (Å²) in [7, 11) is 0. The minimum Gasteiger partial charge on any atom is -0.353 e. The fourth-order valence-electron chi connectivity index (χ4n) is 4.27. The third-order valence-electron chi connectivity index (χ3n) is 6.27. The zero-order valence-electron chi connectivity index (χ0n) is 20.2. The number of hydrogen-bond acceptors (Lipinski definition) is 6. The Morgan fingerprint density at radius 1 is 1.05 bits per heavy atom. The van der Waals surface area contributed by atoms with Gasteiger partial charge >= 0.3 is 6.18 Å². The molecule has 1 saturated heterocycles. The predicted molar refractivity (Wildman–Crippen MR) is 137 cm³/mol. The van der Waals surface area contributed by atoms with Crippen molar-refractivity contribution >= 4 is 39.9 Å². The van der Waals surface area contributed by atoms with Crippen molar-refractivity contribution in [1.29, 1.82) is 0 Å². The molecule has 9 nitrogen and oxygen atoms in total. The van der Waals surface area contributed by atoms with Crippen molar-refractivity contribution in [3.05, 3.63) is 72.6 Å². The van der Waals surface area contributed by atoms with Crippen LogP contribution in [0.2, 0.25) is 0 Å². The second-order valence-corrected chi connectivity index (χ2v) is 8.86. The largest absolute Gasteiger partial charge is 0.432 e. The molecule has 0 spiro atoms. The van der Waals surface area contributed by atoms with Crippen LogP contribution in [0.15, 0.2) is 77.6 Å². The fourth-order valence-corrected chi connectivity index (χ4v) is 4.27. The maximum Gasteiger partial charge on any atom is 0.432 e. The monoisotopic (exact) mass is 523 g/mol. The summed E-state index contributed by atoms with van der Waals surface area (Å²) >= 11 is 0. The van der Waals surface area contributed by atoms with Gasteiger partial charge < -0.3 is 15.1 Å². The smallest absolute Gasteiger partial charge is 0.353 e. The second-order valence-electron chi connectivity index (χ2n) is 8.86. The van der Waals surface area contributed by atoms with E-state index in [0.29, 0.717) is 42.8 Å². The Bertz CT molecular complexity index is 1440. The molecule has 2 aliphatic rings. The van der Waals surface area contributed by atoms with E-state index >= 15 is 0 Å². The van der Waals surface area contributed by atoms with Gasteiger partial charge in [-0.25, -0.2) is 4.98 Å². The Kier molecular flexibility index (Phi) is 6.95. The number of pyridine rings is 1.